The largest absolute Gasteiger partial charge is 0.437 e. The van der Waals surface area contributed by atoms with Crippen LogP contribution in [0.5, 0.6) is 11.6 Å². The average Bonchev–Trinajstić information content (AvgIpc) is 2.27. The van der Waals surface area contributed by atoms with Crippen molar-refractivity contribution in [3.63, 3.8) is 0 Å². The number of aryl methyl sites for hydroxylation is 1. The molecule has 0 bridgehead atoms. The molecule has 16 heavy (non-hydrogen) atoms. The lowest BCUT2D eigenvalue weighted by molar-refractivity contribution is 0.458. The number of halogens is 1. The molecular formula is C11H10FN3O. The van der Waals surface area contributed by atoms with Gasteiger partial charge in [-0.05, 0) is 30.7 Å². The molecular weight excluding hydrogens is 209 g/mol. The van der Waals surface area contributed by atoms with Gasteiger partial charge in [0.15, 0.2) is 0 Å². The van der Waals surface area contributed by atoms with Crippen LogP contribution < -0.4 is 10.5 Å². The molecule has 4 nitrogen and oxygen atoms in total. The van der Waals surface area contributed by atoms with Crippen LogP contribution in [-0.4, -0.2) is 9.97 Å². The molecule has 2 N–H and O–H groups in total. The second kappa shape index (κ2) is 4.14. The van der Waals surface area contributed by atoms with E-state index < -0.39 is 0 Å². The summed E-state index contributed by atoms with van der Waals surface area (Å²) in [6.45, 7) is 1.66. The summed E-state index contributed by atoms with van der Waals surface area (Å²) < 4.78 is 18.4. The Morgan fingerprint density at radius 3 is 2.69 bits per heavy atom. The van der Waals surface area contributed by atoms with Gasteiger partial charge in [-0.25, -0.2) is 14.4 Å². The highest BCUT2D eigenvalue weighted by atomic mass is 19.1. The molecule has 0 aliphatic rings. The first-order valence-electron chi connectivity index (χ1n) is 4.66. The third kappa shape index (κ3) is 2.25. The molecule has 0 fully saturated rings. The zero-order chi connectivity index (χ0) is 11.5. The van der Waals surface area contributed by atoms with Crippen molar-refractivity contribution in [1.29, 1.82) is 0 Å². The Morgan fingerprint density at radius 1 is 1.25 bits per heavy atom. The number of benzene rings is 1. The molecule has 2 aromatic rings. The standard InChI is InChI=1S/C11H10FN3O/c1-7-4-8(2-3-9(7)12)16-11-6-14-10(13)5-15-11/h2-6H,1H3,(H2,13,14). The maximum Gasteiger partial charge on any atom is 0.237 e. The number of nitrogen functional groups attached to an aromatic ring is 1. The molecule has 0 spiro atoms. The van der Waals surface area contributed by atoms with Crippen LogP contribution in [0.2, 0.25) is 0 Å². The van der Waals surface area contributed by atoms with Crippen molar-refractivity contribution < 1.29 is 9.13 Å². The van der Waals surface area contributed by atoms with Crippen LogP contribution in [0.3, 0.4) is 0 Å². The van der Waals surface area contributed by atoms with Gasteiger partial charge in [0.05, 0.1) is 12.4 Å². The molecule has 0 radical (unpaired) electrons. The molecule has 0 saturated heterocycles. The van der Waals surface area contributed by atoms with E-state index in [9.17, 15) is 4.39 Å². The van der Waals surface area contributed by atoms with E-state index in [4.69, 9.17) is 10.5 Å². The van der Waals surface area contributed by atoms with Crippen LogP contribution in [0.15, 0.2) is 30.6 Å². The Hall–Kier alpha value is -2.17. The normalized spacial score (nSPS) is 10.1. The molecule has 0 aliphatic carbocycles. The highest BCUT2D eigenvalue weighted by Gasteiger charge is 2.02. The van der Waals surface area contributed by atoms with E-state index in [0.29, 0.717) is 23.0 Å². The molecule has 0 unspecified atom stereocenters. The van der Waals surface area contributed by atoms with E-state index in [2.05, 4.69) is 9.97 Å². The molecule has 82 valence electrons. The Morgan fingerprint density at radius 2 is 2.06 bits per heavy atom. The monoisotopic (exact) mass is 219 g/mol. The predicted octanol–water partition coefficient (Wildman–Crippen LogP) is 2.30. The number of nitrogens with two attached hydrogens (primary N) is 1. The topological polar surface area (TPSA) is 61.0 Å². The Labute approximate surface area is 91.9 Å². The van der Waals surface area contributed by atoms with Crippen molar-refractivity contribution in [3.8, 4) is 11.6 Å². The highest BCUT2D eigenvalue weighted by molar-refractivity contribution is 5.32. The van der Waals surface area contributed by atoms with Gasteiger partial charge in [-0.1, -0.05) is 0 Å². The molecule has 0 amide bonds. The SMILES string of the molecule is Cc1cc(Oc2cnc(N)cn2)ccc1F. The van der Waals surface area contributed by atoms with E-state index >= 15 is 0 Å². The number of aromatic nitrogens is 2. The fourth-order valence-corrected chi connectivity index (χ4v) is 1.18. The summed E-state index contributed by atoms with van der Waals surface area (Å²) in [5, 5.41) is 0. The first-order valence-corrected chi connectivity index (χ1v) is 4.66. The lowest BCUT2D eigenvalue weighted by Gasteiger charge is -2.05. The average molecular weight is 219 g/mol. The number of rotatable bonds is 2. The maximum absolute atomic E-state index is 13.0. The lowest BCUT2D eigenvalue weighted by atomic mass is 10.2. The van der Waals surface area contributed by atoms with Gasteiger partial charge in [0.2, 0.25) is 5.88 Å². The van der Waals surface area contributed by atoms with Gasteiger partial charge in [-0.2, -0.15) is 0 Å². The third-order valence-electron chi connectivity index (χ3n) is 2.00. The smallest absolute Gasteiger partial charge is 0.237 e. The van der Waals surface area contributed by atoms with Gasteiger partial charge in [0.1, 0.15) is 17.4 Å². The van der Waals surface area contributed by atoms with E-state index in [1.165, 1.54) is 24.5 Å². The summed E-state index contributed by atoms with van der Waals surface area (Å²) in [5.41, 5.74) is 5.90. The van der Waals surface area contributed by atoms with Crippen LogP contribution in [0.25, 0.3) is 0 Å². The quantitative estimate of drug-likeness (QED) is 0.841. The van der Waals surface area contributed by atoms with Crippen LogP contribution in [0, 0.1) is 12.7 Å². The summed E-state index contributed by atoms with van der Waals surface area (Å²) in [5.74, 6) is 0.886. The van der Waals surface area contributed by atoms with Crippen LogP contribution in [0.4, 0.5) is 10.2 Å². The molecule has 5 heteroatoms. The minimum Gasteiger partial charge on any atom is -0.437 e. The van der Waals surface area contributed by atoms with Gasteiger partial charge in [0, 0.05) is 0 Å². The molecule has 2 rings (SSSR count). The van der Waals surface area contributed by atoms with Crippen molar-refractivity contribution in [2.75, 3.05) is 5.73 Å². The molecule has 0 atom stereocenters. The summed E-state index contributed by atoms with van der Waals surface area (Å²) in [4.78, 5) is 7.75. The van der Waals surface area contributed by atoms with Crippen molar-refractivity contribution in [2.45, 2.75) is 6.92 Å². The van der Waals surface area contributed by atoms with E-state index in [0.717, 1.165) is 0 Å². The number of hydrogen-bond donors (Lipinski definition) is 1. The second-order valence-electron chi connectivity index (χ2n) is 3.29. The summed E-state index contributed by atoms with van der Waals surface area (Å²) in [7, 11) is 0. The minimum atomic E-state index is -0.268. The molecule has 0 aliphatic heterocycles. The van der Waals surface area contributed by atoms with Crippen molar-refractivity contribution in [3.05, 3.63) is 42.0 Å². The minimum absolute atomic E-state index is 0.268. The van der Waals surface area contributed by atoms with Gasteiger partial charge >= 0.3 is 0 Å². The van der Waals surface area contributed by atoms with Gasteiger partial charge in [0.25, 0.3) is 0 Å². The van der Waals surface area contributed by atoms with E-state index in [1.807, 2.05) is 0 Å². The zero-order valence-corrected chi connectivity index (χ0v) is 8.64. The van der Waals surface area contributed by atoms with Crippen molar-refractivity contribution in [1.82, 2.24) is 9.97 Å². The first-order chi connectivity index (χ1) is 7.65. The van der Waals surface area contributed by atoms with E-state index in [1.54, 1.807) is 13.0 Å². The predicted molar refractivity (Wildman–Crippen MR) is 57.7 cm³/mol. The second-order valence-corrected chi connectivity index (χ2v) is 3.29. The van der Waals surface area contributed by atoms with Crippen molar-refractivity contribution in [2.24, 2.45) is 0 Å². The number of nitrogens with zero attached hydrogens (tertiary/aromatic N) is 2. The van der Waals surface area contributed by atoms with Crippen LogP contribution in [0.1, 0.15) is 5.56 Å². The Kier molecular flexibility index (Phi) is 2.68. The summed E-state index contributed by atoms with van der Waals surface area (Å²) in [6, 6.07) is 4.46. The number of hydrogen-bond acceptors (Lipinski definition) is 4. The molecule has 0 saturated carbocycles. The number of ether oxygens (including phenoxy) is 1. The molecule has 1 aromatic heterocycles. The van der Waals surface area contributed by atoms with Gasteiger partial charge < -0.3 is 10.5 Å². The fourth-order valence-electron chi connectivity index (χ4n) is 1.18. The highest BCUT2D eigenvalue weighted by Crippen LogP contribution is 2.21. The molecule has 1 heterocycles. The van der Waals surface area contributed by atoms with E-state index in [-0.39, 0.29) is 5.82 Å². The zero-order valence-electron chi connectivity index (χ0n) is 8.64. The third-order valence-corrected chi connectivity index (χ3v) is 2.00. The summed E-state index contributed by atoms with van der Waals surface area (Å²) >= 11 is 0. The maximum atomic E-state index is 13.0. The van der Waals surface area contributed by atoms with Crippen molar-refractivity contribution >= 4 is 5.82 Å². The number of anilines is 1. The first kappa shape index (κ1) is 10.4. The van der Waals surface area contributed by atoms with Crippen LogP contribution in [-0.2, 0) is 0 Å². The Balaban J connectivity index is 2.20. The van der Waals surface area contributed by atoms with Gasteiger partial charge in [-0.15, -0.1) is 0 Å². The fraction of sp³-hybridized carbons (Fsp3) is 0.0909. The van der Waals surface area contributed by atoms with Crippen LogP contribution >= 0.6 is 0 Å². The van der Waals surface area contributed by atoms with Gasteiger partial charge in [-0.3, -0.25) is 0 Å². The summed E-state index contributed by atoms with van der Waals surface area (Å²) in [6.07, 6.45) is 2.81. The lowest BCUT2D eigenvalue weighted by Crippen LogP contribution is -1.94. The Bertz CT molecular complexity index is 499. The molecule has 1 aromatic carbocycles.